The molecule has 0 amide bonds. The smallest absolute Gasteiger partial charge is 0.288 e. The van der Waals surface area contributed by atoms with Gasteiger partial charge < -0.3 is 14.8 Å². The highest BCUT2D eigenvalue weighted by molar-refractivity contribution is 6.32. The fourth-order valence-corrected chi connectivity index (χ4v) is 1.83. The summed E-state index contributed by atoms with van der Waals surface area (Å²) >= 11 is 5.81. The molecule has 1 atom stereocenters. The quantitative estimate of drug-likeness (QED) is 0.490. The van der Waals surface area contributed by atoms with E-state index in [2.05, 4.69) is 5.32 Å². The van der Waals surface area contributed by atoms with Crippen molar-refractivity contribution < 1.29 is 14.4 Å². The van der Waals surface area contributed by atoms with Gasteiger partial charge in [-0.3, -0.25) is 10.1 Å². The largest absolute Gasteiger partial charge is 0.377 e. The third-order valence-corrected chi connectivity index (χ3v) is 2.71. The number of halogens is 1. The maximum absolute atomic E-state index is 10.6. The summed E-state index contributed by atoms with van der Waals surface area (Å²) in [7, 11) is 3.07. The van der Waals surface area contributed by atoms with Crippen molar-refractivity contribution in [2.45, 2.75) is 19.3 Å². The van der Waals surface area contributed by atoms with E-state index < -0.39 is 11.2 Å². The van der Waals surface area contributed by atoms with Crippen molar-refractivity contribution in [3.05, 3.63) is 33.3 Å². The molecule has 0 radical (unpaired) electrons. The van der Waals surface area contributed by atoms with Crippen molar-refractivity contribution in [1.29, 1.82) is 0 Å². The number of benzene rings is 1. The third-order valence-electron chi connectivity index (χ3n) is 2.41. The first-order valence-corrected chi connectivity index (χ1v) is 5.63. The fourth-order valence-electron chi connectivity index (χ4n) is 1.58. The number of rotatable bonds is 6. The lowest BCUT2D eigenvalue weighted by Gasteiger charge is -2.23. The van der Waals surface area contributed by atoms with Gasteiger partial charge in [-0.2, -0.15) is 0 Å². The Labute approximate surface area is 110 Å². The molecule has 6 nitrogen and oxygen atoms in total. The predicted octanol–water partition coefficient (Wildman–Crippen LogP) is 2.67. The SMILES string of the molecule is COC(OC)C(C)Nc1ccc([N+](=O)[O-])c(Cl)c1. The van der Waals surface area contributed by atoms with E-state index in [4.69, 9.17) is 21.1 Å². The lowest BCUT2D eigenvalue weighted by atomic mass is 10.2. The minimum absolute atomic E-state index is 0.0867. The van der Waals surface area contributed by atoms with E-state index >= 15 is 0 Å². The number of hydrogen-bond donors (Lipinski definition) is 1. The van der Waals surface area contributed by atoms with Crippen LogP contribution in [0.3, 0.4) is 0 Å². The first-order chi connectivity index (χ1) is 8.49. The molecule has 0 aliphatic rings. The number of hydrogen-bond acceptors (Lipinski definition) is 5. The van der Waals surface area contributed by atoms with Crippen LogP contribution >= 0.6 is 11.6 Å². The van der Waals surface area contributed by atoms with E-state index in [1.807, 2.05) is 6.92 Å². The molecule has 0 aromatic heterocycles. The topological polar surface area (TPSA) is 73.6 Å². The first-order valence-electron chi connectivity index (χ1n) is 5.25. The van der Waals surface area contributed by atoms with Crippen LogP contribution in [0.25, 0.3) is 0 Å². The molecule has 1 aromatic rings. The van der Waals surface area contributed by atoms with Crippen molar-refractivity contribution in [2.24, 2.45) is 0 Å². The minimum atomic E-state index is -0.525. The summed E-state index contributed by atoms with van der Waals surface area (Å²) in [5.74, 6) is 0. The van der Waals surface area contributed by atoms with Crippen molar-refractivity contribution >= 4 is 23.0 Å². The third kappa shape index (κ3) is 3.56. The van der Waals surface area contributed by atoms with Gasteiger partial charge in [0.2, 0.25) is 0 Å². The zero-order valence-corrected chi connectivity index (χ0v) is 11.1. The Hall–Kier alpha value is -1.37. The number of nitrogens with one attached hydrogen (secondary N) is 1. The van der Waals surface area contributed by atoms with Crippen LogP contribution in [0.5, 0.6) is 0 Å². The zero-order valence-electron chi connectivity index (χ0n) is 10.3. The summed E-state index contributed by atoms with van der Waals surface area (Å²) in [4.78, 5) is 10.1. The molecule has 100 valence electrons. The molecule has 1 aromatic carbocycles. The molecule has 0 fully saturated rings. The molecule has 18 heavy (non-hydrogen) atoms. The van der Waals surface area contributed by atoms with E-state index in [0.717, 1.165) is 0 Å². The molecule has 0 saturated carbocycles. The highest BCUT2D eigenvalue weighted by Gasteiger charge is 2.17. The van der Waals surface area contributed by atoms with Crippen LogP contribution in [0.4, 0.5) is 11.4 Å². The predicted molar refractivity (Wildman–Crippen MR) is 69.0 cm³/mol. The lowest BCUT2D eigenvalue weighted by Crippen LogP contribution is -2.33. The van der Waals surface area contributed by atoms with E-state index in [9.17, 15) is 10.1 Å². The van der Waals surface area contributed by atoms with Crippen LogP contribution in [0, 0.1) is 10.1 Å². The summed E-state index contributed by atoms with van der Waals surface area (Å²) in [6.45, 7) is 1.87. The molecule has 1 rings (SSSR count). The van der Waals surface area contributed by atoms with Crippen molar-refractivity contribution in [2.75, 3.05) is 19.5 Å². The monoisotopic (exact) mass is 274 g/mol. The van der Waals surface area contributed by atoms with Gasteiger partial charge in [0.15, 0.2) is 6.29 Å². The molecule has 0 saturated heterocycles. The highest BCUT2D eigenvalue weighted by atomic mass is 35.5. The van der Waals surface area contributed by atoms with Gasteiger partial charge in [0.25, 0.3) is 5.69 Å². The van der Waals surface area contributed by atoms with Gasteiger partial charge in [-0.05, 0) is 19.1 Å². The zero-order chi connectivity index (χ0) is 13.7. The summed E-state index contributed by atoms with van der Waals surface area (Å²) in [5.41, 5.74) is 0.544. The van der Waals surface area contributed by atoms with Gasteiger partial charge in [0.1, 0.15) is 5.02 Å². The van der Waals surface area contributed by atoms with E-state index in [0.29, 0.717) is 5.69 Å². The van der Waals surface area contributed by atoms with Crippen molar-refractivity contribution in [3.63, 3.8) is 0 Å². The molecule has 7 heteroatoms. The Morgan fingerprint density at radius 3 is 2.44 bits per heavy atom. The number of ether oxygens (including phenoxy) is 2. The molecule has 0 spiro atoms. The normalized spacial score (nSPS) is 12.5. The number of methoxy groups -OCH3 is 2. The van der Waals surface area contributed by atoms with Crippen molar-refractivity contribution in [1.82, 2.24) is 0 Å². The van der Waals surface area contributed by atoms with E-state index in [1.165, 1.54) is 26.4 Å². The average Bonchev–Trinajstić information content (AvgIpc) is 2.30. The molecule has 1 N–H and O–H groups in total. The molecule has 0 heterocycles. The van der Waals surface area contributed by atoms with Gasteiger partial charge in [-0.1, -0.05) is 11.6 Å². The first kappa shape index (κ1) is 14.7. The lowest BCUT2D eigenvalue weighted by molar-refractivity contribution is -0.384. The summed E-state index contributed by atoms with van der Waals surface area (Å²) in [6.07, 6.45) is -0.418. The average molecular weight is 275 g/mol. The molecule has 0 aliphatic carbocycles. The maximum atomic E-state index is 10.6. The standard InChI is InChI=1S/C11H15ClN2O4/c1-7(11(17-2)18-3)13-8-4-5-10(14(15)16)9(12)6-8/h4-7,11,13H,1-3H3. The fraction of sp³-hybridized carbons (Fsp3) is 0.455. The van der Waals surface area contributed by atoms with Crippen LogP contribution in [0.1, 0.15) is 6.92 Å². The summed E-state index contributed by atoms with van der Waals surface area (Å²) < 4.78 is 10.2. The van der Waals surface area contributed by atoms with Gasteiger partial charge in [-0.15, -0.1) is 0 Å². The molecule has 0 aliphatic heterocycles. The van der Waals surface area contributed by atoms with E-state index in [1.54, 1.807) is 6.07 Å². The highest BCUT2D eigenvalue weighted by Crippen LogP contribution is 2.27. The molecular weight excluding hydrogens is 260 g/mol. The Kier molecular flexibility index (Phi) is 5.33. The maximum Gasteiger partial charge on any atom is 0.288 e. The molecule has 1 unspecified atom stereocenters. The summed E-state index contributed by atoms with van der Waals surface area (Å²) in [6, 6.07) is 4.31. The number of nitro benzene ring substituents is 1. The van der Waals surface area contributed by atoms with Gasteiger partial charge in [-0.25, -0.2) is 0 Å². The van der Waals surface area contributed by atoms with Gasteiger partial charge >= 0.3 is 0 Å². The van der Waals surface area contributed by atoms with Crippen LogP contribution in [-0.2, 0) is 9.47 Å². The Bertz CT molecular complexity index is 424. The molecule has 0 bridgehead atoms. The second kappa shape index (κ2) is 6.53. The van der Waals surface area contributed by atoms with E-state index in [-0.39, 0.29) is 16.8 Å². The van der Waals surface area contributed by atoms with Crippen LogP contribution in [-0.4, -0.2) is 31.5 Å². The number of nitrogens with zero attached hydrogens (tertiary/aromatic N) is 1. The summed E-state index contributed by atoms with van der Waals surface area (Å²) in [5, 5.41) is 13.8. The number of nitro groups is 1. The van der Waals surface area contributed by atoms with Crippen molar-refractivity contribution in [3.8, 4) is 0 Å². The van der Waals surface area contributed by atoms with Gasteiger partial charge in [0.05, 0.1) is 11.0 Å². The number of anilines is 1. The van der Waals surface area contributed by atoms with Crippen LogP contribution < -0.4 is 5.32 Å². The second-order valence-corrected chi connectivity index (χ2v) is 4.10. The van der Waals surface area contributed by atoms with Gasteiger partial charge in [0, 0.05) is 26.0 Å². The Morgan fingerprint density at radius 1 is 1.39 bits per heavy atom. The molecular formula is C11H15ClN2O4. The second-order valence-electron chi connectivity index (χ2n) is 3.70. The van der Waals surface area contributed by atoms with Crippen LogP contribution in [0.15, 0.2) is 18.2 Å². The minimum Gasteiger partial charge on any atom is -0.377 e. The van der Waals surface area contributed by atoms with Crippen LogP contribution in [0.2, 0.25) is 5.02 Å². The Morgan fingerprint density at radius 2 is 2.00 bits per heavy atom. The Balaban J connectivity index is 2.80.